The van der Waals surface area contributed by atoms with Crippen molar-refractivity contribution in [1.82, 2.24) is 10.3 Å². The SMILES string of the molecule is COC(=O)CNC(=O)Cc1ccc(NC(=O)c2csc(-c3ccc(C(C)C)cc3)n2)cc1. The van der Waals surface area contributed by atoms with E-state index in [0.717, 1.165) is 16.1 Å². The summed E-state index contributed by atoms with van der Waals surface area (Å²) in [7, 11) is 1.26. The van der Waals surface area contributed by atoms with Crippen LogP contribution in [0.5, 0.6) is 0 Å². The van der Waals surface area contributed by atoms with Crippen LogP contribution in [0.3, 0.4) is 0 Å². The maximum Gasteiger partial charge on any atom is 0.325 e. The number of nitrogens with zero attached hydrogens (tertiary/aromatic N) is 1. The Morgan fingerprint density at radius 3 is 2.34 bits per heavy atom. The Morgan fingerprint density at radius 2 is 1.72 bits per heavy atom. The number of carbonyl (C=O) groups is 3. The minimum Gasteiger partial charge on any atom is -0.468 e. The molecule has 0 atom stereocenters. The highest BCUT2D eigenvalue weighted by Gasteiger charge is 2.13. The lowest BCUT2D eigenvalue weighted by Crippen LogP contribution is -2.31. The van der Waals surface area contributed by atoms with Gasteiger partial charge >= 0.3 is 5.97 Å². The number of anilines is 1. The Morgan fingerprint density at radius 1 is 1.03 bits per heavy atom. The van der Waals surface area contributed by atoms with Gasteiger partial charge in [0.15, 0.2) is 0 Å². The Labute approximate surface area is 190 Å². The number of aromatic nitrogens is 1. The zero-order chi connectivity index (χ0) is 23.1. The van der Waals surface area contributed by atoms with Gasteiger partial charge in [-0.25, -0.2) is 4.98 Å². The zero-order valence-electron chi connectivity index (χ0n) is 18.2. The number of amides is 2. The molecule has 0 aliphatic carbocycles. The van der Waals surface area contributed by atoms with Crippen LogP contribution in [0.25, 0.3) is 10.6 Å². The Bertz CT molecular complexity index is 1090. The lowest BCUT2D eigenvalue weighted by Gasteiger charge is -2.06. The van der Waals surface area contributed by atoms with Crippen LogP contribution in [0.4, 0.5) is 5.69 Å². The third-order valence-corrected chi connectivity index (χ3v) is 5.69. The molecular weight excluding hydrogens is 426 g/mol. The molecule has 2 N–H and O–H groups in total. The smallest absolute Gasteiger partial charge is 0.325 e. The van der Waals surface area contributed by atoms with Crippen molar-refractivity contribution in [2.75, 3.05) is 19.0 Å². The van der Waals surface area contributed by atoms with Crippen LogP contribution in [0.1, 0.15) is 41.4 Å². The summed E-state index contributed by atoms with van der Waals surface area (Å²) in [6.45, 7) is 4.13. The average Bonchev–Trinajstić information content (AvgIpc) is 3.29. The minimum atomic E-state index is -0.505. The highest BCUT2D eigenvalue weighted by molar-refractivity contribution is 7.13. The Kier molecular flexibility index (Phi) is 7.72. The summed E-state index contributed by atoms with van der Waals surface area (Å²) < 4.78 is 4.48. The first-order chi connectivity index (χ1) is 15.4. The topological polar surface area (TPSA) is 97.4 Å². The van der Waals surface area contributed by atoms with Gasteiger partial charge in [0.2, 0.25) is 5.91 Å². The predicted molar refractivity (Wildman–Crippen MR) is 125 cm³/mol. The van der Waals surface area contributed by atoms with Crippen molar-refractivity contribution >= 4 is 34.8 Å². The van der Waals surface area contributed by atoms with E-state index in [1.165, 1.54) is 24.0 Å². The molecule has 3 aromatic rings. The van der Waals surface area contributed by atoms with E-state index >= 15 is 0 Å². The maximum atomic E-state index is 12.6. The summed E-state index contributed by atoms with van der Waals surface area (Å²) >= 11 is 1.42. The van der Waals surface area contributed by atoms with Crippen molar-refractivity contribution in [3.05, 3.63) is 70.7 Å². The molecule has 0 unspecified atom stereocenters. The van der Waals surface area contributed by atoms with Gasteiger partial charge in [0, 0.05) is 16.6 Å². The van der Waals surface area contributed by atoms with E-state index in [1.54, 1.807) is 29.6 Å². The molecule has 0 radical (unpaired) electrons. The van der Waals surface area contributed by atoms with Crippen LogP contribution in [-0.4, -0.2) is 36.4 Å². The molecular formula is C24H25N3O4S. The van der Waals surface area contributed by atoms with E-state index in [9.17, 15) is 14.4 Å². The molecule has 8 heteroatoms. The Hall–Kier alpha value is -3.52. The molecule has 0 saturated heterocycles. The van der Waals surface area contributed by atoms with Gasteiger partial charge in [-0.15, -0.1) is 11.3 Å². The number of nitrogens with one attached hydrogen (secondary N) is 2. The van der Waals surface area contributed by atoms with Crippen molar-refractivity contribution in [1.29, 1.82) is 0 Å². The molecule has 1 aromatic heterocycles. The van der Waals surface area contributed by atoms with E-state index in [0.29, 0.717) is 17.3 Å². The van der Waals surface area contributed by atoms with Crippen molar-refractivity contribution in [2.24, 2.45) is 0 Å². The molecule has 166 valence electrons. The summed E-state index contributed by atoms with van der Waals surface area (Å²) in [5.74, 6) is -0.630. The number of hydrogen-bond donors (Lipinski definition) is 2. The summed E-state index contributed by atoms with van der Waals surface area (Å²) in [6.07, 6.45) is 0.121. The minimum absolute atomic E-state index is 0.121. The monoisotopic (exact) mass is 451 g/mol. The highest BCUT2D eigenvalue weighted by Crippen LogP contribution is 2.26. The molecule has 0 saturated carbocycles. The highest BCUT2D eigenvalue weighted by atomic mass is 32.1. The van der Waals surface area contributed by atoms with Gasteiger partial charge in [0.05, 0.1) is 13.5 Å². The fraction of sp³-hybridized carbons (Fsp3) is 0.250. The second-order valence-corrected chi connectivity index (χ2v) is 8.35. The second-order valence-electron chi connectivity index (χ2n) is 7.50. The molecule has 1 heterocycles. The molecule has 0 aliphatic rings. The molecule has 3 rings (SSSR count). The van der Waals surface area contributed by atoms with E-state index in [-0.39, 0.29) is 24.8 Å². The van der Waals surface area contributed by atoms with Crippen molar-refractivity contribution in [3.8, 4) is 10.6 Å². The number of methoxy groups -OCH3 is 1. The molecule has 7 nitrogen and oxygen atoms in total. The fourth-order valence-corrected chi connectivity index (χ4v) is 3.72. The standard InChI is InChI=1S/C24H25N3O4S/c1-15(2)17-6-8-18(9-7-17)24-27-20(14-32-24)23(30)26-19-10-4-16(5-11-19)12-21(28)25-13-22(29)31-3/h4-11,14-15H,12-13H2,1-3H3,(H,25,28)(H,26,30). The molecule has 32 heavy (non-hydrogen) atoms. The summed E-state index contributed by atoms with van der Waals surface area (Å²) in [4.78, 5) is 40.0. The van der Waals surface area contributed by atoms with Gasteiger partial charge in [-0.3, -0.25) is 14.4 Å². The van der Waals surface area contributed by atoms with Crippen LogP contribution >= 0.6 is 11.3 Å². The van der Waals surface area contributed by atoms with Crippen LogP contribution in [-0.2, 0) is 20.7 Å². The van der Waals surface area contributed by atoms with Gasteiger partial charge in [-0.05, 0) is 29.2 Å². The van der Waals surface area contributed by atoms with Gasteiger partial charge in [0.25, 0.3) is 5.91 Å². The second kappa shape index (κ2) is 10.7. The predicted octanol–water partition coefficient (Wildman–Crippen LogP) is 4.02. The first-order valence-electron chi connectivity index (χ1n) is 10.2. The molecule has 0 fully saturated rings. The first kappa shape index (κ1) is 23.1. The lowest BCUT2D eigenvalue weighted by atomic mass is 10.0. The van der Waals surface area contributed by atoms with E-state index in [2.05, 4.69) is 46.3 Å². The number of ether oxygens (including phenoxy) is 1. The first-order valence-corrected chi connectivity index (χ1v) is 11.0. The Balaban J connectivity index is 1.57. The normalized spacial score (nSPS) is 10.6. The van der Waals surface area contributed by atoms with Gasteiger partial charge in [-0.1, -0.05) is 50.2 Å². The third kappa shape index (κ3) is 6.24. The number of rotatable bonds is 8. The third-order valence-electron chi connectivity index (χ3n) is 4.80. The summed E-state index contributed by atoms with van der Waals surface area (Å²) in [5.41, 5.74) is 3.95. The molecule has 2 aromatic carbocycles. The van der Waals surface area contributed by atoms with E-state index in [1.807, 2.05) is 12.1 Å². The van der Waals surface area contributed by atoms with Gasteiger partial charge in [0.1, 0.15) is 17.2 Å². The number of benzene rings is 2. The van der Waals surface area contributed by atoms with Crippen LogP contribution in [0.15, 0.2) is 53.9 Å². The molecule has 0 aliphatic heterocycles. The van der Waals surface area contributed by atoms with Crippen LogP contribution in [0, 0.1) is 0 Å². The van der Waals surface area contributed by atoms with Gasteiger partial charge < -0.3 is 15.4 Å². The molecule has 0 bridgehead atoms. The van der Waals surface area contributed by atoms with Crippen molar-refractivity contribution in [3.63, 3.8) is 0 Å². The summed E-state index contributed by atoms with van der Waals surface area (Å²) in [6, 6.07) is 15.1. The van der Waals surface area contributed by atoms with Crippen molar-refractivity contribution in [2.45, 2.75) is 26.2 Å². The molecule has 2 amide bonds. The molecule has 0 spiro atoms. The zero-order valence-corrected chi connectivity index (χ0v) is 19.0. The largest absolute Gasteiger partial charge is 0.468 e. The summed E-state index contributed by atoms with van der Waals surface area (Å²) in [5, 5.41) is 7.83. The number of thiazole rings is 1. The maximum absolute atomic E-state index is 12.6. The van der Waals surface area contributed by atoms with Crippen LogP contribution in [0.2, 0.25) is 0 Å². The van der Waals surface area contributed by atoms with E-state index < -0.39 is 5.97 Å². The fourth-order valence-electron chi connectivity index (χ4n) is 2.91. The number of esters is 1. The number of hydrogen-bond acceptors (Lipinski definition) is 6. The lowest BCUT2D eigenvalue weighted by molar-refractivity contribution is -0.141. The van der Waals surface area contributed by atoms with Crippen molar-refractivity contribution < 1.29 is 19.1 Å². The van der Waals surface area contributed by atoms with Gasteiger partial charge in [-0.2, -0.15) is 0 Å². The van der Waals surface area contributed by atoms with E-state index in [4.69, 9.17) is 0 Å². The average molecular weight is 452 g/mol. The van der Waals surface area contributed by atoms with Crippen LogP contribution < -0.4 is 10.6 Å². The quantitative estimate of drug-likeness (QED) is 0.504. The number of carbonyl (C=O) groups excluding carboxylic acids is 3.